The minimum absolute atomic E-state index is 0.00638. The van der Waals surface area contributed by atoms with E-state index in [1.807, 2.05) is 30.3 Å². The number of anilines is 1. The Kier molecular flexibility index (Phi) is 3.94. The van der Waals surface area contributed by atoms with Gasteiger partial charge in [0.1, 0.15) is 16.0 Å². The number of halogens is 1. The molecule has 3 rings (SSSR count). The van der Waals surface area contributed by atoms with Crippen LogP contribution in [0.3, 0.4) is 0 Å². The first-order chi connectivity index (χ1) is 10.2. The van der Waals surface area contributed by atoms with E-state index in [9.17, 15) is 9.90 Å². The second-order valence-corrected chi connectivity index (χ2v) is 5.55. The molecule has 1 aromatic carbocycles. The third-order valence-corrected chi connectivity index (χ3v) is 3.91. The quantitative estimate of drug-likeness (QED) is 0.865. The van der Waals surface area contributed by atoms with Gasteiger partial charge in [-0.2, -0.15) is 5.10 Å². The Hall–Kier alpha value is -1.86. The molecule has 6 nitrogen and oxygen atoms in total. The monoisotopic (exact) mass is 351 g/mol. The molecule has 1 unspecified atom stereocenters. The molecule has 0 bridgehead atoms. The number of ether oxygens (including phenoxy) is 1. The van der Waals surface area contributed by atoms with Crippen molar-refractivity contribution < 1.29 is 14.6 Å². The predicted octanol–water partition coefficient (Wildman–Crippen LogP) is 2.53. The van der Waals surface area contributed by atoms with E-state index in [2.05, 4.69) is 26.3 Å². The average Bonchev–Trinajstić information content (AvgIpc) is 2.98. The summed E-state index contributed by atoms with van der Waals surface area (Å²) in [5.74, 6) is -0.468. The van der Waals surface area contributed by atoms with E-state index in [0.29, 0.717) is 30.2 Å². The van der Waals surface area contributed by atoms with Gasteiger partial charge in [0.15, 0.2) is 0 Å². The van der Waals surface area contributed by atoms with Gasteiger partial charge in [-0.3, -0.25) is 0 Å². The molecule has 0 radical (unpaired) electrons. The van der Waals surface area contributed by atoms with Crippen molar-refractivity contribution in [2.24, 2.45) is 0 Å². The van der Waals surface area contributed by atoms with Gasteiger partial charge in [-0.15, -0.1) is 0 Å². The van der Waals surface area contributed by atoms with Crippen molar-refractivity contribution in [1.82, 2.24) is 9.78 Å². The van der Waals surface area contributed by atoms with Gasteiger partial charge in [0, 0.05) is 6.54 Å². The lowest BCUT2D eigenvalue weighted by Gasteiger charge is -2.11. The predicted molar refractivity (Wildman–Crippen MR) is 80.5 cm³/mol. The number of hydrogen-bond donors (Lipinski definition) is 2. The van der Waals surface area contributed by atoms with E-state index >= 15 is 0 Å². The Morgan fingerprint density at radius 1 is 1.48 bits per heavy atom. The van der Waals surface area contributed by atoms with Crippen molar-refractivity contribution in [2.75, 3.05) is 18.5 Å². The normalized spacial score (nSPS) is 16.5. The number of aromatic carboxylic acids is 1. The smallest absolute Gasteiger partial charge is 0.342 e. The largest absolute Gasteiger partial charge is 0.477 e. The zero-order chi connectivity index (χ0) is 14.8. The first-order valence-corrected chi connectivity index (χ1v) is 7.33. The molecule has 0 amide bonds. The first-order valence-electron chi connectivity index (χ1n) is 6.53. The number of carbonyl (C=O) groups is 1. The van der Waals surface area contributed by atoms with E-state index in [-0.39, 0.29) is 11.6 Å². The molecule has 1 aliphatic rings. The fourth-order valence-electron chi connectivity index (χ4n) is 2.35. The van der Waals surface area contributed by atoms with Crippen LogP contribution in [0.15, 0.2) is 34.9 Å². The lowest BCUT2D eigenvalue weighted by atomic mass is 10.2. The van der Waals surface area contributed by atoms with E-state index in [4.69, 9.17) is 4.74 Å². The first kappa shape index (κ1) is 14.1. The Morgan fingerprint density at radius 2 is 2.24 bits per heavy atom. The fraction of sp³-hybridized carbons (Fsp3) is 0.286. The summed E-state index contributed by atoms with van der Waals surface area (Å²) in [6.07, 6.45) is 0. The molecule has 2 aromatic rings. The zero-order valence-corrected chi connectivity index (χ0v) is 12.7. The van der Waals surface area contributed by atoms with E-state index in [1.54, 1.807) is 4.68 Å². The van der Waals surface area contributed by atoms with Crippen molar-refractivity contribution in [3.05, 3.63) is 46.1 Å². The van der Waals surface area contributed by atoms with E-state index < -0.39 is 5.97 Å². The molecular weight excluding hydrogens is 338 g/mol. The lowest BCUT2D eigenvalue weighted by Crippen LogP contribution is -2.16. The lowest BCUT2D eigenvalue weighted by molar-refractivity contribution is 0.0697. The highest BCUT2D eigenvalue weighted by atomic mass is 79.9. The molecule has 21 heavy (non-hydrogen) atoms. The molecule has 0 saturated carbocycles. The highest BCUT2D eigenvalue weighted by Gasteiger charge is 2.31. The van der Waals surface area contributed by atoms with Gasteiger partial charge in [0.2, 0.25) is 0 Å². The Morgan fingerprint density at radius 3 is 2.95 bits per heavy atom. The average molecular weight is 352 g/mol. The zero-order valence-electron chi connectivity index (χ0n) is 11.1. The molecular formula is C14H14BrN3O3. The van der Waals surface area contributed by atoms with Crippen LogP contribution in [-0.4, -0.2) is 34.0 Å². The number of carboxylic acid groups (broad SMARTS) is 1. The summed E-state index contributed by atoms with van der Waals surface area (Å²) in [5, 5.41) is 16.5. The molecule has 2 heterocycles. The number of hydrogen-bond acceptors (Lipinski definition) is 4. The third kappa shape index (κ3) is 2.79. The van der Waals surface area contributed by atoms with Gasteiger partial charge < -0.3 is 15.2 Å². The molecule has 2 N–H and O–H groups in total. The Balaban J connectivity index is 1.65. The second kappa shape index (κ2) is 5.87. The van der Waals surface area contributed by atoms with Crippen LogP contribution in [0.5, 0.6) is 0 Å². The molecule has 1 aliphatic heterocycles. The maximum absolute atomic E-state index is 11.2. The van der Waals surface area contributed by atoms with Gasteiger partial charge >= 0.3 is 5.97 Å². The molecule has 0 fully saturated rings. The molecule has 0 spiro atoms. The molecule has 0 saturated heterocycles. The van der Waals surface area contributed by atoms with Crippen LogP contribution in [0.25, 0.3) is 0 Å². The van der Waals surface area contributed by atoms with Gasteiger partial charge in [0.25, 0.3) is 0 Å². The van der Waals surface area contributed by atoms with E-state index in [1.165, 1.54) is 0 Å². The van der Waals surface area contributed by atoms with Crippen LogP contribution in [-0.2, 0) is 11.3 Å². The molecule has 0 aliphatic carbocycles. The number of carboxylic acids is 1. The third-order valence-electron chi connectivity index (χ3n) is 3.35. The van der Waals surface area contributed by atoms with Crippen LogP contribution in [0.2, 0.25) is 0 Å². The number of benzene rings is 1. The minimum atomic E-state index is -0.999. The van der Waals surface area contributed by atoms with Crippen LogP contribution in [0, 0.1) is 0 Å². The van der Waals surface area contributed by atoms with Crippen LogP contribution < -0.4 is 5.32 Å². The molecule has 7 heteroatoms. The highest BCUT2D eigenvalue weighted by Crippen LogP contribution is 2.32. The second-order valence-electron chi connectivity index (χ2n) is 4.80. The summed E-state index contributed by atoms with van der Waals surface area (Å²) in [4.78, 5) is 11.2. The number of nitrogens with zero attached hydrogens (tertiary/aromatic N) is 2. The van der Waals surface area contributed by atoms with Crippen LogP contribution in [0.1, 0.15) is 22.0 Å². The fourth-order valence-corrected chi connectivity index (χ4v) is 2.88. The summed E-state index contributed by atoms with van der Waals surface area (Å²) < 4.78 is 7.72. The van der Waals surface area contributed by atoms with Gasteiger partial charge in [-0.05, 0) is 21.5 Å². The van der Waals surface area contributed by atoms with Crippen molar-refractivity contribution >= 4 is 27.7 Å². The molecule has 1 atom stereocenters. The standard InChI is InChI=1S/C14H14BrN3O3/c15-12-11(14(19)20)13-16-6-10(18(13)17-12)8-21-7-9-4-2-1-3-5-9/h1-5,10,16H,6-8H2,(H,19,20). The highest BCUT2D eigenvalue weighted by molar-refractivity contribution is 9.10. The Bertz CT molecular complexity index is 657. The maximum atomic E-state index is 11.2. The van der Waals surface area contributed by atoms with Crippen molar-refractivity contribution in [2.45, 2.75) is 12.6 Å². The van der Waals surface area contributed by atoms with Crippen LogP contribution >= 0.6 is 15.9 Å². The Labute approximate surface area is 129 Å². The van der Waals surface area contributed by atoms with Gasteiger partial charge in [-0.1, -0.05) is 30.3 Å². The SMILES string of the molecule is O=C(O)c1c(Br)nn2c1NCC2COCc1ccccc1. The topological polar surface area (TPSA) is 76.4 Å². The summed E-state index contributed by atoms with van der Waals surface area (Å²) in [6, 6.07) is 9.91. The number of nitrogens with one attached hydrogen (secondary N) is 1. The summed E-state index contributed by atoms with van der Waals surface area (Å²) in [6.45, 7) is 1.62. The van der Waals surface area contributed by atoms with Gasteiger partial charge in [0.05, 0.1) is 19.3 Å². The summed E-state index contributed by atoms with van der Waals surface area (Å²) in [7, 11) is 0. The summed E-state index contributed by atoms with van der Waals surface area (Å²) >= 11 is 3.18. The number of fused-ring (bicyclic) bond motifs is 1. The van der Waals surface area contributed by atoms with Gasteiger partial charge in [-0.25, -0.2) is 9.48 Å². The van der Waals surface area contributed by atoms with Crippen molar-refractivity contribution in [3.63, 3.8) is 0 Å². The number of aromatic nitrogens is 2. The number of rotatable bonds is 5. The maximum Gasteiger partial charge on any atom is 0.342 e. The van der Waals surface area contributed by atoms with Crippen LogP contribution in [0.4, 0.5) is 5.82 Å². The van der Waals surface area contributed by atoms with Crippen molar-refractivity contribution in [3.8, 4) is 0 Å². The molecule has 110 valence electrons. The summed E-state index contributed by atoms with van der Waals surface area (Å²) in [5.41, 5.74) is 1.28. The minimum Gasteiger partial charge on any atom is -0.477 e. The van der Waals surface area contributed by atoms with E-state index in [0.717, 1.165) is 5.56 Å². The van der Waals surface area contributed by atoms with Crippen molar-refractivity contribution in [1.29, 1.82) is 0 Å². The molecule has 1 aromatic heterocycles.